The monoisotopic (exact) mass is 951 g/mol. The number of aliphatic hydroxyl groups is 1. The van der Waals surface area contributed by atoms with Crippen molar-refractivity contribution < 1.29 is 52.2 Å². The highest BCUT2D eigenvalue weighted by atomic mass is 31.2. The Morgan fingerprint density at radius 1 is 0.439 bits per heavy atom. The zero-order chi connectivity index (χ0) is 48.4. The quantitative estimate of drug-likeness (QED) is 0.0197. The third-order valence-electron chi connectivity index (χ3n) is 10.9. The summed E-state index contributed by atoms with van der Waals surface area (Å²) in [6, 6.07) is 0. The fourth-order valence-electron chi connectivity index (χ4n) is 6.92. The van der Waals surface area contributed by atoms with Crippen molar-refractivity contribution in [1.82, 2.24) is 0 Å². The van der Waals surface area contributed by atoms with Crippen molar-refractivity contribution in [3.8, 4) is 0 Å². The summed E-state index contributed by atoms with van der Waals surface area (Å²) in [5.74, 6) is -1.50. The van der Waals surface area contributed by atoms with Gasteiger partial charge in [0.2, 0.25) is 0 Å². The van der Waals surface area contributed by atoms with Gasteiger partial charge in [0.15, 0.2) is 6.10 Å². The molecular formula is C54H95O11P. The van der Waals surface area contributed by atoms with Crippen LogP contribution in [0.2, 0.25) is 0 Å². The largest absolute Gasteiger partial charge is 0.472 e. The van der Waals surface area contributed by atoms with Crippen LogP contribution in [-0.2, 0) is 42.2 Å². The highest BCUT2D eigenvalue weighted by molar-refractivity contribution is 7.47. The molecule has 0 amide bonds. The Balaban J connectivity index is 4.78. The van der Waals surface area contributed by atoms with Gasteiger partial charge >= 0.3 is 25.7 Å². The minimum atomic E-state index is -4.74. The molecule has 2 N–H and O–H groups in total. The first-order valence-corrected chi connectivity index (χ1v) is 27.7. The minimum Gasteiger partial charge on any atom is -0.462 e. The van der Waals surface area contributed by atoms with Crippen LogP contribution >= 0.6 is 7.82 Å². The highest BCUT2D eigenvalue weighted by Crippen LogP contribution is 2.43. The topological polar surface area (TPSA) is 155 Å². The van der Waals surface area contributed by atoms with E-state index in [1.165, 1.54) is 57.8 Å². The lowest BCUT2D eigenvalue weighted by Gasteiger charge is -2.21. The summed E-state index contributed by atoms with van der Waals surface area (Å²) >= 11 is 0. The number of carbonyl (C=O) groups excluding carboxylic acids is 3. The highest BCUT2D eigenvalue weighted by Gasteiger charge is 2.28. The van der Waals surface area contributed by atoms with Crippen molar-refractivity contribution in [2.75, 3.05) is 26.4 Å². The van der Waals surface area contributed by atoms with E-state index in [2.05, 4.69) is 81.5 Å². The molecule has 0 spiro atoms. The van der Waals surface area contributed by atoms with Crippen LogP contribution in [0, 0.1) is 0 Å². The van der Waals surface area contributed by atoms with E-state index in [0.717, 1.165) is 109 Å². The molecule has 0 aliphatic rings. The van der Waals surface area contributed by atoms with Gasteiger partial charge < -0.3 is 24.2 Å². The number of phosphoric ester groups is 1. The van der Waals surface area contributed by atoms with Crippen LogP contribution in [0.1, 0.15) is 226 Å². The van der Waals surface area contributed by atoms with Gasteiger partial charge in [0, 0.05) is 19.3 Å². The lowest BCUT2D eigenvalue weighted by atomic mass is 10.1. The molecule has 0 aliphatic carbocycles. The van der Waals surface area contributed by atoms with E-state index < -0.39 is 57.8 Å². The lowest BCUT2D eigenvalue weighted by Crippen LogP contribution is -2.30. The van der Waals surface area contributed by atoms with E-state index in [4.69, 9.17) is 23.3 Å². The fourth-order valence-corrected chi connectivity index (χ4v) is 7.70. The van der Waals surface area contributed by atoms with Crippen LogP contribution in [0.5, 0.6) is 0 Å². The van der Waals surface area contributed by atoms with Crippen molar-refractivity contribution in [1.29, 1.82) is 0 Å². The summed E-state index contributed by atoms with van der Waals surface area (Å²) in [5.41, 5.74) is 0. The molecular weight excluding hydrogens is 856 g/mol. The smallest absolute Gasteiger partial charge is 0.462 e. The molecule has 3 unspecified atom stereocenters. The summed E-state index contributed by atoms with van der Waals surface area (Å²) in [6.45, 7) is 4.43. The number of phosphoric acid groups is 1. The fraction of sp³-hybridized carbons (Fsp3) is 0.759. The summed E-state index contributed by atoms with van der Waals surface area (Å²) < 4.78 is 39.3. The molecule has 0 saturated carbocycles. The maximum Gasteiger partial charge on any atom is 0.472 e. The van der Waals surface area contributed by atoms with E-state index in [1.54, 1.807) is 0 Å². The van der Waals surface area contributed by atoms with E-state index in [9.17, 15) is 28.9 Å². The predicted molar refractivity (Wildman–Crippen MR) is 270 cm³/mol. The molecule has 0 bridgehead atoms. The third-order valence-corrected chi connectivity index (χ3v) is 11.9. The first kappa shape index (κ1) is 63.2. The van der Waals surface area contributed by atoms with Crippen LogP contribution in [0.25, 0.3) is 0 Å². The predicted octanol–water partition coefficient (Wildman–Crippen LogP) is 14.8. The van der Waals surface area contributed by atoms with Crippen LogP contribution in [-0.4, -0.2) is 66.5 Å². The molecule has 0 aromatic heterocycles. The van der Waals surface area contributed by atoms with Crippen LogP contribution < -0.4 is 0 Å². The number of hydrogen-bond acceptors (Lipinski definition) is 10. The van der Waals surface area contributed by atoms with Crippen LogP contribution in [0.4, 0.5) is 0 Å². The molecule has 0 aromatic carbocycles. The van der Waals surface area contributed by atoms with E-state index in [0.29, 0.717) is 19.3 Å². The molecule has 66 heavy (non-hydrogen) atoms. The van der Waals surface area contributed by atoms with Gasteiger partial charge in [-0.25, -0.2) is 4.57 Å². The Morgan fingerprint density at radius 2 is 0.803 bits per heavy atom. The number of ether oxygens (including phenoxy) is 3. The van der Waals surface area contributed by atoms with Gasteiger partial charge in [-0.1, -0.05) is 191 Å². The number of aliphatic hydroxyl groups excluding tert-OH is 1. The molecule has 0 fully saturated rings. The summed E-state index contributed by atoms with van der Waals surface area (Å²) in [7, 11) is -4.74. The minimum absolute atomic E-state index is 0.138. The second kappa shape index (κ2) is 48.6. The van der Waals surface area contributed by atoms with Gasteiger partial charge in [0.25, 0.3) is 0 Å². The molecule has 0 aliphatic heterocycles. The van der Waals surface area contributed by atoms with Gasteiger partial charge in [0.05, 0.1) is 19.8 Å². The normalized spacial score (nSPS) is 14.0. The molecule has 12 heteroatoms. The summed E-state index contributed by atoms with van der Waals surface area (Å²) in [6.07, 6.45) is 50.5. The average molecular weight is 951 g/mol. The van der Waals surface area contributed by atoms with Crippen LogP contribution in [0.15, 0.2) is 60.8 Å². The molecule has 0 radical (unpaired) electrons. The zero-order valence-electron chi connectivity index (χ0n) is 41.9. The molecule has 0 rings (SSSR count). The van der Waals surface area contributed by atoms with E-state index in [1.807, 2.05) is 0 Å². The molecule has 0 heterocycles. The van der Waals surface area contributed by atoms with E-state index >= 15 is 0 Å². The maximum atomic E-state index is 12.8. The van der Waals surface area contributed by atoms with E-state index in [-0.39, 0.29) is 25.9 Å². The number of esters is 3. The van der Waals surface area contributed by atoms with Gasteiger partial charge in [-0.05, 0) is 77.0 Å². The summed E-state index contributed by atoms with van der Waals surface area (Å²) in [4.78, 5) is 48.3. The van der Waals surface area contributed by atoms with Gasteiger partial charge in [0.1, 0.15) is 12.7 Å². The number of allylic oxidation sites excluding steroid dienone is 10. The Morgan fingerprint density at radius 3 is 1.27 bits per heavy atom. The second-order valence-corrected chi connectivity index (χ2v) is 18.8. The molecule has 0 aromatic rings. The molecule has 3 atom stereocenters. The first-order chi connectivity index (χ1) is 32.2. The number of unbranched alkanes of at least 4 members (excludes halogenated alkanes) is 21. The van der Waals surface area contributed by atoms with Crippen molar-refractivity contribution in [2.24, 2.45) is 0 Å². The third kappa shape index (κ3) is 46.3. The van der Waals surface area contributed by atoms with Gasteiger partial charge in [-0.2, -0.15) is 0 Å². The molecule has 382 valence electrons. The van der Waals surface area contributed by atoms with Gasteiger partial charge in [-0.3, -0.25) is 23.4 Å². The number of carbonyl (C=O) groups is 3. The Kier molecular flexibility index (Phi) is 46.6. The van der Waals surface area contributed by atoms with Gasteiger partial charge in [-0.15, -0.1) is 0 Å². The standard InChI is InChI=1S/C54H95O11P/c1-4-7-10-13-16-19-22-23-24-25-26-27-30-33-36-39-42-45-54(58)65-51(47-61-52(56)43-40-37-34-31-28-20-17-14-11-8-5-2)49-63-66(59,60)62-48-50(46-55)64-53(57)44-41-38-35-32-29-21-18-15-12-9-6-3/h7,10,14,16-17,19,23-24,26-27,50-51,55H,4-6,8-9,11-13,15,18,20-22,25,28-49H2,1-3H3,(H,59,60)/b10-7-,17-14-,19-16-,24-23-,27-26-. The molecule has 0 saturated heterocycles. The summed E-state index contributed by atoms with van der Waals surface area (Å²) in [5, 5.41) is 9.76. The molecule has 11 nitrogen and oxygen atoms in total. The lowest BCUT2D eigenvalue weighted by molar-refractivity contribution is -0.161. The van der Waals surface area contributed by atoms with Crippen molar-refractivity contribution in [3.05, 3.63) is 60.8 Å². The maximum absolute atomic E-state index is 12.8. The first-order valence-electron chi connectivity index (χ1n) is 26.2. The van der Waals surface area contributed by atoms with Crippen LogP contribution in [0.3, 0.4) is 0 Å². The number of hydrogen-bond donors (Lipinski definition) is 2. The Labute approximate surface area is 402 Å². The Hall–Kier alpha value is -2.82. The van der Waals surface area contributed by atoms with Crippen molar-refractivity contribution in [2.45, 2.75) is 238 Å². The average Bonchev–Trinajstić information content (AvgIpc) is 3.30. The Bertz CT molecular complexity index is 1340. The zero-order valence-corrected chi connectivity index (χ0v) is 42.8. The van der Waals surface area contributed by atoms with Crippen molar-refractivity contribution >= 4 is 25.7 Å². The second-order valence-electron chi connectivity index (χ2n) is 17.3. The number of rotatable bonds is 48. The van der Waals surface area contributed by atoms with Crippen molar-refractivity contribution in [3.63, 3.8) is 0 Å². The SMILES string of the molecule is CC/C=C\C/C=C\C/C=C\C/C=C\CCCCCCC(=O)OC(COC(=O)CCCCCCC/C=C\CCCC)COP(=O)(O)OCC(CO)OC(=O)CCCCCCCCCCCCC.